The minimum Gasteiger partial charge on any atom is -0.364 e. The quantitative estimate of drug-likeness (QED) is 0.905. The van der Waals surface area contributed by atoms with Crippen LogP contribution in [0.4, 0.5) is 14.6 Å². The van der Waals surface area contributed by atoms with E-state index >= 15 is 0 Å². The summed E-state index contributed by atoms with van der Waals surface area (Å²) in [5.74, 6) is -0.953. The van der Waals surface area contributed by atoms with Crippen molar-refractivity contribution in [3.05, 3.63) is 47.2 Å². The Hall–Kier alpha value is -2.42. The molecular weight excluding hydrogens is 238 g/mol. The Kier molecular flexibility index (Phi) is 3.24. The molecule has 0 aliphatic rings. The summed E-state index contributed by atoms with van der Waals surface area (Å²) in [7, 11) is 1.74. The molecule has 18 heavy (non-hydrogen) atoms. The van der Waals surface area contributed by atoms with Crippen molar-refractivity contribution in [2.75, 3.05) is 5.32 Å². The summed E-state index contributed by atoms with van der Waals surface area (Å²) in [5, 5.41) is 15.4. The number of halogens is 2. The zero-order chi connectivity index (χ0) is 13.1. The van der Waals surface area contributed by atoms with E-state index < -0.39 is 11.6 Å². The first-order valence-corrected chi connectivity index (χ1v) is 5.21. The molecule has 0 saturated heterocycles. The third kappa shape index (κ3) is 2.46. The number of aromatic nitrogens is 2. The fourth-order valence-electron chi connectivity index (χ4n) is 1.52. The molecule has 2 aromatic rings. The molecule has 1 N–H and O–H groups in total. The highest BCUT2D eigenvalue weighted by Gasteiger charge is 2.11. The maximum Gasteiger partial charge on any atom is 0.148 e. The van der Waals surface area contributed by atoms with Crippen LogP contribution in [0.2, 0.25) is 0 Å². The molecule has 0 aliphatic carbocycles. The molecule has 0 aliphatic heterocycles. The van der Waals surface area contributed by atoms with E-state index in [4.69, 9.17) is 5.26 Å². The fourth-order valence-corrected chi connectivity index (χ4v) is 1.52. The maximum absolute atomic E-state index is 13.5. The Balaban J connectivity index is 2.17. The van der Waals surface area contributed by atoms with Crippen LogP contribution in [-0.2, 0) is 13.6 Å². The van der Waals surface area contributed by atoms with Crippen LogP contribution in [0.15, 0.2) is 24.4 Å². The third-order valence-electron chi connectivity index (χ3n) is 2.43. The molecule has 1 aromatic heterocycles. The lowest BCUT2D eigenvalue weighted by Gasteiger charge is -2.06. The smallest absolute Gasteiger partial charge is 0.148 e. The van der Waals surface area contributed by atoms with Gasteiger partial charge in [0.15, 0.2) is 0 Å². The molecule has 0 fully saturated rings. The van der Waals surface area contributed by atoms with Crippen LogP contribution in [0.25, 0.3) is 0 Å². The minimum absolute atomic E-state index is 0.0274. The number of hydrogen-bond acceptors (Lipinski definition) is 3. The number of anilines is 1. The summed E-state index contributed by atoms with van der Waals surface area (Å²) in [4.78, 5) is 0. The Morgan fingerprint density at radius 2 is 2.06 bits per heavy atom. The first kappa shape index (κ1) is 12.0. The summed E-state index contributed by atoms with van der Waals surface area (Å²) in [6.45, 7) is -0.0274. The number of nitrogens with zero attached hydrogens (tertiary/aromatic N) is 3. The SMILES string of the molecule is Cn1ccc(NCc2c(F)cc(C#N)cc2F)n1. The Morgan fingerprint density at radius 3 is 2.56 bits per heavy atom. The molecule has 0 spiro atoms. The largest absolute Gasteiger partial charge is 0.364 e. The molecule has 0 atom stereocenters. The van der Waals surface area contributed by atoms with Gasteiger partial charge in [-0.05, 0) is 12.1 Å². The third-order valence-corrected chi connectivity index (χ3v) is 2.43. The average molecular weight is 248 g/mol. The highest BCUT2D eigenvalue weighted by molar-refractivity contribution is 5.38. The van der Waals surface area contributed by atoms with Crippen molar-refractivity contribution in [3.63, 3.8) is 0 Å². The first-order valence-electron chi connectivity index (χ1n) is 5.21. The van der Waals surface area contributed by atoms with Crippen LogP contribution in [0.1, 0.15) is 11.1 Å². The van der Waals surface area contributed by atoms with E-state index in [1.807, 2.05) is 0 Å². The summed E-state index contributed by atoms with van der Waals surface area (Å²) < 4.78 is 28.7. The van der Waals surface area contributed by atoms with Crippen molar-refractivity contribution in [2.45, 2.75) is 6.54 Å². The van der Waals surface area contributed by atoms with Gasteiger partial charge in [-0.15, -0.1) is 0 Å². The van der Waals surface area contributed by atoms with Crippen molar-refractivity contribution in [2.24, 2.45) is 7.05 Å². The van der Waals surface area contributed by atoms with Gasteiger partial charge in [-0.1, -0.05) is 0 Å². The van der Waals surface area contributed by atoms with Crippen LogP contribution in [0.5, 0.6) is 0 Å². The van der Waals surface area contributed by atoms with E-state index in [0.29, 0.717) is 5.82 Å². The Morgan fingerprint density at radius 1 is 1.39 bits per heavy atom. The number of hydrogen-bond donors (Lipinski definition) is 1. The fraction of sp³-hybridized carbons (Fsp3) is 0.167. The van der Waals surface area contributed by atoms with Gasteiger partial charge in [0, 0.05) is 31.4 Å². The second-order valence-electron chi connectivity index (χ2n) is 3.76. The number of aryl methyl sites for hydroxylation is 1. The van der Waals surface area contributed by atoms with Gasteiger partial charge in [0.2, 0.25) is 0 Å². The summed E-state index contributed by atoms with van der Waals surface area (Å²) >= 11 is 0. The Bertz CT molecular complexity index is 590. The van der Waals surface area contributed by atoms with Gasteiger partial charge in [-0.3, -0.25) is 4.68 Å². The molecule has 6 heteroatoms. The number of nitriles is 1. The van der Waals surface area contributed by atoms with E-state index in [-0.39, 0.29) is 17.7 Å². The molecule has 4 nitrogen and oxygen atoms in total. The predicted octanol–water partition coefficient (Wildman–Crippen LogP) is 2.18. The van der Waals surface area contributed by atoms with Crippen molar-refractivity contribution >= 4 is 5.82 Å². The van der Waals surface area contributed by atoms with E-state index in [0.717, 1.165) is 12.1 Å². The van der Waals surface area contributed by atoms with Gasteiger partial charge >= 0.3 is 0 Å². The lowest BCUT2D eigenvalue weighted by molar-refractivity contribution is 0.559. The maximum atomic E-state index is 13.5. The van der Waals surface area contributed by atoms with Crippen LogP contribution in [0, 0.1) is 23.0 Å². The molecule has 0 amide bonds. The summed E-state index contributed by atoms with van der Waals surface area (Å²) in [6.07, 6.45) is 1.72. The van der Waals surface area contributed by atoms with Gasteiger partial charge in [-0.2, -0.15) is 10.4 Å². The van der Waals surface area contributed by atoms with Crippen LogP contribution in [-0.4, -0.2) is 9.78 Å². The molecule has 0 saturated carbocycles. The van der Waals surface area contributed by atoms with Crippen LogP contribution in [0.3, 0.4) is 0 Å². The monoisotopic (exact) mass is 248 g/mol. The minimum atomic E-state index is -0.741. The Labute approximate surface area is 102 Å². The molecule has 0 radical (unpaired) electrons. The normalized spacial score (nSPS) is 10.1. The van der Waals surface area contributed by atoms with E-state index in [1.54, 1.807) is 30.1 Å². The molecule has 1 heterocycles. The van der Waals surface area contributed by atoms with Crippen molar-refractivity contribution in [1.29, 1.82) is 5.26 Å². The van der Waals surface area contributed by atoms with E-state index in [1.165, 1.54) is 0 Å². The standard InChI is InChI=1S/C12H10F2N4/c1-18-3-2-12(17-18)16-7-9-10(13)4-8(6-15)5-11(9)14/h2-5H,7H2,1H3,(H,16,17). The first-order chi connectivity index (χ1) is 8.60. The van der Waals surface area contributed by atoms with Crippen molar-refractivity contribution in [1.82, 2.24) is 9.78 Å². The topological polar surface area (TPSA) is 53.6 Å². The molecule has 0 unspecified atom stereocenters. The predicted molar refractivity (Wildman–Crippen MR) is 61.6 cm³/mol. The number of benzene rings is 1. The lowest BCUT2D eigenvalue weighted by atomic mass is 10.1. The number of rotatable bonds is 3. The second-order valence-corrected chi connectivity index (χ2v) is 3.76. The van der Waals surface area contributed by atoms with Gasteiger partial charge in [-0.25, -0.2) is 8.78 Å². The van der Waals surface area contributed by atoms with Crippen LogP contribution >= 0.6 is 0 Å². The van der Waals surface area contributed by atoms with Gasteiger partial charge < -0.3 is 5.32 Å². The lowest BCUT2D eigenvalue weighted by Crippen LogP contribution is -2.06. The summed E-state index contributed by atoms with van der Waals surface area (Å²) in [6, 6.07) is 5.42. The average Bonchev–Trinajstić information content (AvgIpc) is 2.73. The zero-order valence-corrected chi connectivity index (χ0v) is 9.61. The molecular formula is C12H10F2N4. The summed E-state index contributed by atoms with van der Waals surface area (Å²) in [5.41, 5.74) is -0.147. The molecule has 92 valence electrons. The number of nitrogens with one attached hydrogen (secondary N) is 1. The molecule has 2 rings (SSSR count). The van der Waals surface area contributed by atoms with Crippen molar-refractivity contribution in [3.8, 4) is 6.07 Å². The van der Waals surface area contributed by atoms with Gasteiger partial charge in [0.05, 0.1) is 11.6 Å². The molecule has 0 bridgehead atoms. The second kappa shape index (κ2) is 4.84. The highest BCUT2D eigenvalue weighted by Crippen LogP contribution is 2.16. The van der Waals surface area contributed by atoms with Crippen LogP contribution < -0.4 is 5.32 Å². The van der Waals surface area contributed by atoms with Gasteiger partial charge in [0.1, 0.15) is 17.5 Å². The van der Waals surface area contributed by atoms with E-state index in [9.17, 15) is 8.78 Å². The van der Waals surface area contributed by atoms with Gasteiger partial charge in [0.25, 0.3) is 0 Å². The van der Waals surface area contributed by atoms with E-state index in [2.05, 4.69) is 10.4 Å². The van der Waals surface area contributed by atoms with Crippen molar-refractivity contribution < 1.29 is 8.78 Å². The molecule has 1 aromatic carbocycles. The zero-order valence-electron chi connectivity index (χ0n) is 9.61. The highest BCUT2D eigenvalue weighted by atomic mass is 19.1.